The van der Waals surface area contributed by atoms with Gasteiger partial charge in [0.15, 0.2) is 34.0 Å². The number of aryl methyl sites for hydroxylation is 4. The maximum absolute atomic E-state index is 11.5. The first-order chi connectivity index (χ1) is 33.7. The Hall–Kier alpha value is -7.36. The summed E-state index contributed by atoms with van der Waals surface area (Å²) in [4.78, 5) is 85.8. The second-order valence-corrected chi connectivity index (χ2v) is 20.4. The maximum atomic E-state index is 11.5. The predicted molar refractivity (Wildman–Crippen MR) is 268 cm³/mol. The van der Waals surface area contributed by atoms with Crippen LogP contribution in [0.5, 0.6) is 0 Å². The van der Waals surface area contributed by atoms with Crippen molar-refractivity contribution in [1.29, 1.82) is 0 Å². The molecular weight excluding hydrogens is 1050 g/mol. The minimum atomic E-state index is -3.22. The summed E-state index contributed by atoms with van der Waals surface area (Å²) < 4.78 is 31.8. The van der Waals surface area contributed by atoms with Gasteiger partial charge in [0.25, 0.3) is 5.56 Å². The number of H-pyrrole nitrogens is 2. The average molecular weight is 1100 g/mol. The summed E-state index contributed by atoms with van der Waals surface area (Å²) in [7, 11) is 12.7. The molecule has 0 atom stereocenters. The van der Waals surface area contributed by atoms with E-state index in [9.17, 15) is 28.5 Å². The van der Waals surface area contributed by atoms with Crippen LogP contribution in [0.1, 0.15) is 61.2 Å². The minimum Gasteiger partial charge on any atom is -0.464 e. The van der Waals surface area contributed by atoms with Gasteiger partial charge in [0, 0.05) is 73.9 Å². The Morgan fingerprint density at radius 3 is 1.53 bits per heavy atom. The molecule has 5 N–H and O–H groups in total. The van der Waals surface area contributed by atoms with Crippen LogP contribution in [0.15, 0.2) is 47.3 Å². The smallest absolute Gasteiger partial charge is 0.384 e. The van der Waals surface area contributed by atoms with Crippen molar-refractivity contribution >= 4 is 109 Å². The van der Waals surface area contributed by atoms with E-state index >= 15 is 0 Å². The molecule has 0 fully saturated rings. The molecule has 0 amide bonds. The molecule has 7 rings (SSSR count). The molecule has 31 heteroatoms. The summed E-state index contributed by atoms with van der Waals surface area (Å²) >= 11 is 19.8. The molecule has 0 bridgehead atoms. The van der Waals surface area contributed by atoms with Gasteiger partial charge in [-0.2, -0.15) is 29.4 Å². The van der Waals surface area contributed by atoms with E-state index in [-0.39, 0.29) is 28.8 Å². The van der Waals surface area contributed by atoms with Crippen molar-refractivity contribution in [3.8, 4) is 11.8 Å². The van der Waals surface area contributed by atoms with Crippen LogP contribution in [-0.4, -0.2) is 141 Å². The number of esters is 4. The number of methoxy groups -OCH3 is 4. The molecule has 7 aromatic rings. The van der Waals surface area contributed by atoms with Crippen molar-refractivity contribution in [2.24, 2.45) is 0 Å². The van der Waals surface area contributed by atoms with Gasteiger partial charge in [-0.1, -0.05) is 17.5 Å². The number of hydrogen-bond donors (Lipinski definition) is 4. The minimum absolute atomic E-state index is 0.0153. The number of ether oxygens (including phenoxy) is 4. The Bertz CT molecular complexity index is 3090. The number of anilines is 2. The molecule has 26 nitrogen and oxygen atoms in total. The second kappa shape index (κ2) is 32.5. The molecule has 72 heavy (non-hydrogen) atoms. The van der Waals surface area contributed by atoms with Crippen molar-refractivity contribution < 1.29 is 52.3 Å². The fraction of sp³-hybridized carbons (Fsp3) is 0.317. The standard InChI is InChI=1S/C11H14N4O2.C9H8ClN3O2.C9H9N3O3.C5H6O2.C4H7N3.C2H7N.CO2.Cl3OP/c1-7-5-9-12-8(11(16)17-4)6-10(14(2)3)15(9)13-7;1-5-3-8-11-6(9(14)15-2)4-7(10)13(8)12-5;1-5-3-7-10-6(9(14)15-2)4-8(13)12(7)11-5;1-3-4-5(6)7-2;1-3-2-4(5)7-6-3;1-3-2;2-1-3;1-5(2,3)4/h5-6H,1-4H3;3-4H,1-2H3;3-4,11H,1-2H3;1-2H3;2H,1H3,(H3,5,6,7);3H,1-2H3;;. The number of nitrogen functional groups attached to an aromatic ring is 1. The lowest BCUT2D eigenvalue weighted by atomic mass is 10.3. The summed E-state index contributed by atoms with van der Waals surface area (Å²) in [6, 6.07) is 11.2. The Labute approximate surface area is 430 Å². The van der Waals surface area contributed by atoms with Crippen molar-refractivity contribution in [2.45, 2.75) is 34.6 Å². The lowest BCUT2D eigenvalue weighted by Crippen LogP contribution is -2.18. The number of nitrogens with zero attached hydrogens (tertiary/aromatic N) is 10. The van der Waals surface area contributed by atoms with E-state index in [1.54, 1.807) is 42.6 Å². The molecule has 0 aromatic carbocycles. The van der Waals surface area contributed by atoms with Crippen LogP contribution >= 0.6 is 50.5 Å². The summed E-state index contributed by atoms with van der Waals surface area (Å²) in [5.74, 6) is 3.85. The highest BCUT2D eigenvalue weighted by molar-refractivity contribution is 8.24. The maximum Gasteiger partial charge on any atom is 0.384 e. The van der Waals surface area contributed by atoms with Gasteiger partial charge in [0.1, 0.15) is 16.8 Å². The molecule has 390 valence electrons. The summed E-state index contributed by atoms with van der Waals surface area (Å²) in [6.45, 7) is 8.99. The highest BCUT2D eigenvalue weighted by Gasteiger charge is 2.16. The van der Waals surface area contributed by atoms with Crippen LogP contribution in [-0.2, 0) is 37.9 Å². The lowest BCUT2D eigenvalue weighted by Gasteiger charge is -2.14. The zero-order valence-electron chi connectivity index (χ0n) is 40.9. The molecule has 0 spiro atoms. The van der Waals surface area contributed by atoms with E-state index in [1.807, 2.05) is 59.9 Å². The summed E-state index contributed by atoms with van der Waals surface area (Å²) in [5.41, 5.74) is 10.4. The number of nitrogens with one attached hydrogen (secondary N) is 3. The molecular formula is C41H51Cl4N14O12P. The first-order valence-corrected chi connectivity index (χ1v) is 24.5. The van der Waals surface area contributed by atoms with Crippen LogP contribution in [0.4, 0.5) is 11.6 Å². The number of rotatable bonds is 4. The van der Waals surface area contributed by atoms with Crippen molar-refractivity contribution in [1.82, 2.24) is 59.3 Å². The normalized spacial score (nSPS) is 9.57. The van der Waals surface area contributed by atoms with Gasteiger partial charge in [0.2, 0.25) is 0 Å². The summed E-state index contributed by atoms with van der Waals surface area (Å²) in [5, 5.41) is 17.4. The van der Waals surface area contributed by atoms with Gasteiger partial charge in [-0.25, -0.2) is 43.2 Å². The van der Waals surface area contributed by atoms with Crippen LogP contribution < -0.4 is 21.5 Å². The van der Waals surface area contributed by atoms with Gasteiger partial charge in [0.05, 0.1) is 39.8 Å². The first-order valence-electron chi connectivity index (χ1n) is 19.7. The zero-order chi connectivity index (χ0) is 55.5. The molecule has 0 aliphatic heterocycles. The van der Waals surface area contributed by atoms with Crippen LogP contribution in [0.2, 0.25) is 5.15 Å². The van der Waals surface area contributed by atoms with E-state index in [4.69, 9.17) is 26.9 Å². The third-order valence-electron chi connectivity index (χ3n) is 7.39. The van der Waals surface area contributed by atoms with Gasteiger partial charge < -0.3 is 34.9 Å². The molecule has 7 aromatic heterocycles. The third-order valence-corrected chi connectivity index (χ3v) is 7.66. The third kappa shape index (κ3) is 23.5. The number of aromatic nitrogens is 11. The fourth-order valence-corrected chi connectivity index (χ4v) is 5.00. The average Bonchev–Trinajstić information content (AvgIpc) is 4.10. The topological polar surface area (TPSA) is 337 Å². The zero-order valence-corrected chi connectivity index (χ0v) is 44.9. The van der Waals surface area contributed by atoms with E-state index in [0.29, 0.717) is 27.9 Å². The van der Waals surface area contributed by atoms with E-state index in [2.05, 4.69) is 110 Å². The SMILES string of the molecule is CC#CC(=O)OC.CNC.COC(=O)c1cc(=O)n2[nH]c(C)cc2n1.COC(=O)c1cc(Cl)n2nc(C)cc2n1.COC(=O)c1cc(N(C)C)n2nc(C)cc2n1.Cc1cc(N)n[nH]1.O=C=O.O=P(Cl)(Cl)Cl. The Morgan fingerprint density at radius 1 is 0.722 bits per heavy atom. The van der Waals surface area contributed by atoms with E-state index in [0.717, 1.165) is 34.7 Å². The molecule has 0 unspecified atom stereocenters. The van der Waals surface area contributed by atoms with Crippen LogP contribution in [0.25, 0.3) is 16.9 Å². The molecule has 7 heterocycles. The van der Waals surface area contributed by atoms with Gasteiger partial charge in [-0.15, -0.1) is 0 Å². The number of hydrogen-bond acceptors (Lipinski definition) is 21. The van der Waals surface area contributed by atoms with E-state index < -0.39 is 29.1 Å². The van der Waals surface area contributed by atoms with Crippen molar-refractivity contribution in [3.05, 3.63) is 97.8 Å². The Morgan fingerprint density at radius 2 is 1.15 bits per heavy atom. The number of carbonyl (C=O) groups excluding carboxylic acids is 6. The second-order valence-electron chi connectivity index (χ2n) is 13.4. The van der Waals surface area contributed by atoms with Crippen LogP contribution in [0.3, 0.4) is 0 Å². The number of aromatic amines is 2. The number of halogens is 4. The van der Waals surface area contributed by atoms with E-state index in [1.165, 1.54) is 43.5 Å². The van der Waals surface area contributed by atoms with Crippen molar-refractivity contribution in [2.75, 3.05) is 67.3 Å². The fourth-order valence-electron chi connectivity index (χ4n) is 4.78. The van der Waals surface area contributed by atoms with Gasteiger partial charge in [-0.3, -0.25) is 19.6 Å². The molecule has 0 aliphatic carbocycles. The largest absolute Gasteiger partial charge is 0.464 e. The summed E-state index contributed by atoms with van der Waals surface area (Å²) in [6.07, 6.45) is 0.250. The highest BCUT2D eigenvalue weighted by atomic mass is 36.0. The Kier molecular flexibility index (Phi) is 29.2. The van der Waals surface area contributed by atoms with Crippen molar-refractivity contribution in [3.63, 3.8) is 0 Å². The Balaban J connectivity index is 0.000000857. The van der Waals surface area contributed by atoms with Gasteiger partial charge in [-0.05, 0) is 82.4 Å². The van der Waals surface area contributed by atoms with Gasteiger partial charge >= 0.3 is 35.2 Å². The number of carbonyl (C=O) groups is 4. The first kappa shape index (κ1) is 64.6. The lowest BCUT2D eigenvalue weighted by molar-refractivity contribution is -0.191. The molecule has 0 radical (unpaired) electrons. The number of nitrogens with two attached hydrogens (primary N) is 1. The monoisotopic (exact) mass is 1100 g/mol. The number of fused-ring (bicyclic) bond motifs is 3. The molecule has 0 saturated heterocycles. The molecule has 0 saturated carbocycles. The highest BCUT2D eigenvalue weighted by Crippen LogP contribution is 2.61. The van der Waals surface area contributed by atoms with Crippen LogP contribution in [0, 0.1) is 39.5 Å². The molecule has 0 aliphatic rings. The quantitative estimate of drug-likeness (QED) is 0.0448. The predicted octanol–water partition coefficient (Wildman–Crippen LogP) is 5.03.